The van der Waals surface area contributed by atoms with Crippen LogP contribution < -0.4 is 9.62 Å². The number of hydrogen-bond acceptors (Lipinski definition) is 4. The van der Waals surface area contributed by atoms with Crippen LogP contribution in [0.5, 0.6) is 0 Å². The number of benzene rings is 2. The molecule has 1 aromatic heterocycles. The van der Waals surface area contributed by atoms with Crippen molar-refractivity contribution in [3.8, 4) is 0 Å². The fraction of sp³-hybridized carbons (Fsp3) is 0.304. The molecule has 0 spiro atoms. The van der Waals surface area contributed by atoms with Crippen LogP contribution in [0.1, 0.15) is 25.3 Å². The maximum Gasteiger partial charge on any atom is 0.260 e. The van der Waals surface area contributed by atoms with Crippen molar-refractivity contribution in [2.45, 2.75) is 36.8 Å². The summed E-state index contributed by atoms with van der Waals surface area (Å²) in [5.41, 5.74) is 0.0423. The molecular formula is C23H21BrCl2N4O3S. The minimum absolute atomic E-state index is 0.0493. The largest absolute Gasteiger partial charge is 0.284 e. The molecule has 1 aliphatic heterocycles. The number of halogens is 3. The number of rotatable bonds is 7. The number of carbonyl (C=O) groups excluding carboxylic acids is 1. The average Bonchev–Trinajstić information content (AvgIpc) is 3.45. The number of fused-ring (bicyclic) bond motifs is 1. The molecule has 34 heavy (non-hydrogen) atoms. The van der Waals surface area contributed by atoms with Gasteiger partial charge in [0, 0.05) is 27.5 Å². The molecule has 178 valence electrons. The zero-order chi connectivity index (χ0) is 24.3. The molecule has 0 radical (unpaired) electrons. The van der Waals surface area contributed by atoms with Crippen LogP contribution in [0.15, 0.2) is 58.2 Å². The fourth-order valence-corrected chi connectivity index (χ4v) is 6.34. The summed E-state index contributed by atoms with van der Waals surface area (Å²) in [5, 5.41) is 0.662. The van der Waals surface area contributed by atoms with E-state index in [1.807, 2.05) is 24.3 Å². The van der Waals surface area contributed by atoms with Crippen molar-refractivity contribution < 1.29 is 13.2 Å². The SMILES string of the molecule is C[C@@]1(Cc2ccc(Br)cc2)C(=O)N(c2cc(Cl)cc(Cl)c2)c2ncc(S(=O)(=O)NCC3CC3)n21. The van der Waals surface area contributed by atoms with E-state index in [1.165, 1.54) is 15.7 Å². The molecule has 5 rings (SSSR count). The van der Waals surface area contributed by atoms with Gasteiger partial charge in [0.25, 0.3) is 15.9 Å². The van der Waals surface area contributed by atoms with Gasteiger partial charge in [-0.3, -0.25) is 9.36 Å². The summed E-state index contributed by atoms with van der Waals surface area (Å²) in [6, 6.07) is 12.4. The van der Waals surface area contributed by atoms with Crippen LogP contribution >= 0.6 is 39.1 Å². The molecule has 1 aliphatic carbocycles. The van der Waals surface area contributed by atoms with Gasteiger partial charge in [0.05, 0.1) is 11.9 Å². The Balaban J connectivity index is 1.64. The molecule has 7 nitrogen and oxygen atoms in total. The lowest BCUT2D eigenvalue weighted by Crippen LogP contribution is -2.42. The predicted molar refractivity (Wildman–Crippen MR) is 135 cm³/mol. The van der Waals surface area contributed by atoms with E-state index in [0.717, 1.165) is 22.9 Å². The van der Waals surface area contributed by atoms with Crippen LogP contribution in [0.25, 0.3) is 0 Å². The Morgan fingerprint density at radius 3 is 2.41 bits per heavy atom. The topological polar surface area (TPSA) is 84.3 Å². The molecule has 2 aliphatic rings. The molecule has 1 N–H and O–H groups in total. The van der Waals surface area contributed by atoms with Gasteiger partial charge < -0.3 is 0 Å². The maximum absolute atomic E-state index is 13.9. The highest BCUT2D eigenvalue weighted by molar-refractivity contribution is 9.10. The summed E-state index contributed by atoms with van der Waals surface area (Å²) >= 11 is 15.9. The Bertz CT molecular complexity index is 1370. The second-order valence-electron chi connectivity index (χ2n) is 8.87. The van der Waals surface area contributed by atoms with E-state index < -0.39 is 15.6 Å². The Kier molecular flexibility index (Phi) is 6.05. The number of imidazole rings is 1. The van der Waals surface area contributed by atoms with Crippen LogP contribution in [-0.4, -0.2) is 30.4 Å². The first-order valence-corrected chi connectivity index (χ1v) is 13.7. The Labute approximate surface area is 216 Å². The van der Waals surface area contributed by atoms with Gasteiger partial charge in [-0.2, -0.15) is 0 Å². The molecule has 2 heterocycles. The molecule has 1 amide bonds. The molecule has 3 aromatic rings. The third kappa shape index (κ3) is 4.28. The van der Waals surface area contributed by atoms with Crippen molar-refractivity contribution in [3.63, 3.8) is 0 Å². The minimum atomic E-state index is -3.90. The van der Waals surface area contributed by atoms with E-state index in [0.29, 0.717) is 28.2 Å². The molecule has 1 fully saturated rings. The summed E-state index contributed by atoms with van der Waals surface area (Å²) in [4.78, 5) is 19.7. The standard InChI is InChI=1S/C23H21BrCl2N4O3S/c1-23(11-14-4-6-16(24)7-5-14)21(31)29(19-9-17(25)8-18(26)10-19)22-27-13-20(30(22)23)34(32,33)28-12-15-2-3-15/h4-10,13,15,28H,2-3,11-12H2,1H3/t23-/m1/s1. The van der Waals surface area contributed by atoms with E-state index in [1.54, 1.807) is 25.1 Å². The van der Waals surface area contributed by atoms with Gasteiger partial charge in [-0.05, 0) is 61.6 Å². The molecular weight excluding hydrogens is 563 g/mol. The van der Waals surface area contributed by atoms with Gasteiger partial charge in [0.2, 0.25) is 5.95 Å². The van der Waals surface area contributed by atoms with E-state index >= 15 is 0 Å². The number of aromatic nitrogens is 2. The second-order valence-corrected chi connectivity index (χ2v) is 12.4. The summed E-state index contributed by atoms with van der Waals surface area (Å²) < 4.78 is 31.7. The predicted octanol–water partition coefficient (Wildman–Crippen LogP) is 5.28. The lowest BCUT2D eigenvalue weighted by Gasteiger charge is -2.26. The first kappa shape index (κ1) is 23.8. The lowest BCUT2D eigenvalue weighted by atomic mass is 9.92. The van der Waals surface area contributed by atoms with Crippen LogP contribution in [0, 0.1) is 5.92 Å². The summed E-state index contributed by atoms with van der Waals surface area (Å²) in [5.74, 6) is 0.238. The Morgan fingerprint density at radius 1 is 1.15 bits per heavy atom. The molecule has 1 saturated carbocycles. The Morgan fingerprint density at radius 2 is 1.79 bits per heavy atom. The zero-order valence-corrected chi connectivity index (χ0v) is 22.0. The van der Waals surface area contributed by atoms with Crippen molar-refractivity contribution in [1.29, 1.82) is 0 Å². The fourth-order valence-electron chi connectivity index (χ4n) is 4.24. The zero-order valence-electron chi connectivity index (χ0n) is 18.1. The number of carbonyl (C=O) groups is 1. The normalized spacial score (nSPS) is 20.1. The second kappa shape index (κ2) is 8.64. The Hall–Kier alpha value is -1.91. The van der Waals surface area contributed by atoms with E-state index in [2.05, 4.69) is 25.6 Å². The molecule has 1 atom stereocenters. The van der Waals surface area contributed by atoms with Crippen LogP contribution in [0.2, 0.25) is 10.0 Å². The number of nitrogens with zero attached hydrogens (tertiary/aromatic N) is 3. The molecule has 2 aromatic carbocycles. The van der Waals surface area contributed by atoms with Gasteiger partial charge in [-0.1, -0.05) is 51.3 Å². The summed E-state index contributed by atoms with van der Waals surface area (Å²) in [6.07, 6.45) is 3.58. The molecule has 11 heteroatoms. The van der Waals surface area contributed by atoms with Gasteiger partial charge in [-0.25, -0.2) is 23.0 Å². The minimum Gasteiger partial charge on any atom is -0.284 e. The van der Waals surface area contributed by atoms with Crippen LogP contribution in [0.3, 0.4) is 0 Å². The number of anilines is 2. The highest BCUT2D eigenvalue weighted by Gasteiger charge is 2.51. The van der Waals surface area contributed by atoms with Crippen molar-refractivity contribution in [2.75, 3.05) is 11.4 Å². The van der Waals surface area contributed by atoms with Crippen molar-refractivity contribution >= 4 is 66.7 Å². The van der Waals surface area contributed by atoms with Crippen molar-refractivity contribution in [1.82, 2.24) is 14.3 Å². The van der Waals surface area contributed by atoms with Crippen LogP contribution in [0.4, 0.5) is 11.6 Å². The van der Waals surface area contributed by atoms with Crippen molar-refractivity contribution in [3.05, 3.63) is 68.7 Å². The van der Waals surface area contributed by atoms with E-state index in [4.69, 9.17) is 23.2 Å². The highest BCUT2D eigenvalue weighted by Crippen LogP contribution is 2.44. The number of nitrogens with one attached hydrogen (secondary N) is 1. The number of amides is 1. The average molecular weight is 584 g/mol. The lowest BCUT2D eigenvalue weighted by molar-refractivity contribution is -0.124. The first-order valence-electron chi connectivity index (χ1n) is 10.7. The first-order chi connectivity index (χ1) is 16.1. The van der Waals surface area contributed by atoms with Gasteiger partial charge in [0.15, 0.2) is 5.03 Å². The third-order valence-corrected chi connectivity index (χ3v) is 8.52. The van der Waals surface area contributed by atoms with Gasteiger partial charge in [-0.15, -0.1) is 0 Å². The molecule has 0 unspecified atom stereocenters. The van der Waals surface area contributed by atoms with E-state index in [9.17, 15) is 13.2 Å². The highest BCUT2D eigenvalue weighted by atomic mass is 79.9. The van der Waals surface area contributed by atoms with Gasteiger partial charge >= 0.3 is 0 Å². The maximum atomic E-state index is 13.9. The third-order valence-electron chi connectivity index (χ3n) is 6.17. The van der Waals surface area contributed by atoms with Gasteiger partial charge in [0.1, 0.15) is 5.54 Å². The summed E-state index contributed by atoms with van der Waals surface area (Å²) in [7, 11) is -3.90. The van der Waals surface area contributed by atoms with E-state index in [-0.39, 0.29) is 23.3 Å². The van der Waals surface area contributed by atoms with Crippen molar-refractivity contribution in [2.24, 2.45) is 5.92 Å². The van der Waals surface area contributed by atoms with Crippen LogP contribution in [-0.2, 0) is 26.8 Å². The monoisotopic (exact) mass is 582 g/mol. The number of hydrogen-bond donors (Lipinski definition) is 1. The molecule has 0 bridgehead atoms. The summed E-state index contributed by atoms with van der Waals surface area (Å²) in [6.45, 7) is 2.10. The molecule has 0 saturated heterocycles. The quantitative estimate of drug-likeness (QED) is 0.410. The smallest absolute Gasteiger partial charge is 0.260 e. The number of sulfonamides is 1.